The first kappa shape index (κ1) is 15.3. The highest BCUT2D eigenvalue weighted by atomic mass is 15.3. The molecular weight excluding hydrogens is 246 g/mol. The third kappa shape index (κ3) is 3.97. The average Bonchev–Trinajstić information content (AvgIpc) is 2.47. The Morgan fingerprint density at radius 1 is 1.20 bits per heavy atom. The van der Waals surface area contributed by atoms with Gasteiger partial charge in [0.25, 0.3) is 0 Å². The average molecular weight is 275 g/mol. The molecule has 2 rings (SSSR count). The van der Waals surface area contributed by atoms with Gasteiger partial charge in [0.05, 0.1) is 0 Å². The van der Waals surface area contributed by atoms with E-state index in [-0.39, 0.29) is 0 Å². The maximum atomic E-state index is 6.27. The van der Waals surface area contributed by atoms with Crippen molar-refractivity contribution in [3.05, 3.63) is 29.8 Å². The van der Waals surface area contributed by atoms with Crippen LogP contribution < -0.4 is 10.6 Å². The van der Waals surface area contributed by atoms with Crippen LogP contribution in [-0.2, 0) is 0 Å². The molecule has 0 radical (unpaired) electrons. The molecule has 3 nitrogen and oxygen atoms in total. The van der Waals surface area contributed by atoms with Crippen LogP contribution in [0.25, 0.3) is 0 Å². The predicted octanol–water partition coefficient (Wildman–Crippen LogP) is 2.49. The molecule has 0 bridgehead atoms. The maximum absolute atomic E-state index is 6.27. The van der Waals surface area contributed by atoms with Crippen LogP contribution in [-0.4, -0.2) is 43.7 Å². The molecule has 1 saturated heterocycles. The number of piperazine rings is 1. The van der Waals surface area contributed by atoms with Gasteiger partial charge in [0.15, 0.2) is 0 Å². The largest absolute Gasteiger partial charge is 0.369 e. The highest BCUT2D eigenvalue weighted by molar-refractivity contribution is 5.48. The minimum Gasteiger partial charge on any atom is -0.369 e. The molecule has 0 amide bonds. The van der Waals surface area contributed by atoms with Crippen molar-refractivity contribution in [2.24, 2.45) is 11.7 Å². The van der Waals surface area contributed by atoms with Gasteiger partial charge >= 0.3 is 0 Å². The summed E-state index contributed by atoms with van der Waals surface area (Å²) < 4.78 is 0. The minimum atomic E-state index is 0.311. The smallest absolute Gasteiger partial charge is 0.0369 e. The lowest BCUT2D eigenvalue weighted by atomic mass is 9.99. The molecule has 2 atom stereocenters. The summed E-state index contributed by atoms with van der Waals surface area (Å²) in [5, 5.41) is 0. The van der Waals surface area contributed by atoms with Gasteiger partial charge in [-0.3, -0.25) is 4.90 Å². The normalized spacial score (nSPS) is 19.9. The molecule has 0 saturated carbocycles. The monoisotopic (exact) mass is 275 g/mol. The fraction of sp³-hybridized carbons (Fsp3) is 0.647. The van der Waals surface area contributed by atoms with Crippen molar-refractivity contribution >= 4 is 5.69 Å². The fourth-order valence-corrected chi connectivity index (χ4v) is 2.79. The van der Waals surface area contributed by atoms with E-state index in [9.17, 15) is 0 Å². The quantitative estimate of drug-likeness (QED) is 0.896. The molecule has 112 valence electrons. The third-order valence-electron chi connectivity index (χ3n) is 4.58. The zero-order chi connectivity index (χ0) is 14.5. The summed E-state index contributed by atoms with van der Waals surface area (Å²) in [5.41, 5.74) is 8.96. The molecule has 1 heterocycles. The lowest BCUT2D eigenvalue weighted by Gasteiger charge is -2.38. The van der Waals surface area contributed by atoms with E-state index < -0.39 is 0 Å². The summed E-state index contributed by atoms with van der Waals surface area (Å²) in [5.74, 6) is 0.616. The Kier molecular flexibility index (Phi) is 5.44. The molecule has 1 aromatic rings. The van der Waals surface area contributed by atoms with Crippen molar-refractivity contribution < 1.29 is 0 Å². The van der Waals surface area contributed by atoms with Gasteiger partial charge in [0, 0.05) is 44.5 Å². The van der Waals surface area contributed by atoms with Gasteiger partial charge in [0.1, 0.15) is 0 Å². The number of anilines is 1. The molecule has 1 aliphatic rings. The van der Waals surface area contributed by atoms with Crippen LogP contribution in [0.5, 0.6) is 0 Å². The van der Waals surface area contributed by atoms with Gasteiger partial charge in [-0.2, -0.15) is 0 Å². The molecule has 1 aromatic carbocycles. The molecule has 20 heavy (non-hydrogen) atoms. The van der Waals surface area contributed by atoms with Crippen molar-refractivity contribution in [2.75, 3.05) is 37.6 Å². The fourth-order valence-electron chi connectivity index (χ4n) is 2.79. The summed E-state index contributed by atoms with van der Waals surface area (Å²) >= 11 is 0. The summed E-state index contributed by atoms with van der Waals surface area (Å²) in [7, 11) is 0. The van der Waals surface area contributed by atoms with Crippen LogP contribution in [0.1, 0.15) is 25.8 Å². The number of hydrogen-bond acceptors (Lipinski definition) is 3. The van der Waals surface area contributed by atoms with Crippen LogP contribution in [0.2, 0.25) is 0 Å². The number of rotatable bonds is 5. The van der Waals surface area contributed by atoms with Crippen molar-refractivity contribution in [3.8, 4) is 0 Å². The van der Waals surface area contributed by atoms with E-state index in [2.05, 4.69) is 54.8 Å². The Labute approximate surface area is 123 Å². The first-order valence-corrected chi connectivity index (χ1v) is 7.89. The van der Waals surface area contributed by atoms with Crippen LogP contribution in [0, 0.1) is 12.8 Å². The van der Waals surface area contributed by atoms with Gasteiger partial charge in [0.2, 0.25) is 0 Å². The molecular formula is C17H29N3. The van der Waals surface area contributed by atoms with E-state index in [4.69, 9.17) is 5.73 Å². The Morgan fingerprint density at radius 3 is 2.50 bits per heavy atom. The van der Waals surface area contributed by atoms with Crippen LogP contribution in [0.3, 0.4) is 0 Å². The summed E-state index contributed by atoms with van der Waals surface area (Å²) in [6, 6.07) is 9.11. The van der Waals surface area contributed by atoms with Crippen molar-refractivity contribution in [1.29, 1.82) is 0 Å². The van der Waals surface area contributed by atoms with Crippen LogP contribution in [0.4, 0.5) is 5.69 Å². The lowest BCUT2D eigenvalue weighted by Crippen LogP contribution is -2.51. The lowest BCUT2D eigenvalue weighted by molar-refractivity contribution is 0.220. The molecule has 0 aromatic heterocycles. The second-order valence-corrected chi connectivity index (χ2v) is 6.18. The van der Waals surface area contributed by atoms with E-state index in [0.717, 1.165) is 32.7 Å². The van der Waals surface area contributed by atoms with E-state index >= 15 is 0 Å². The maximum Gasteiger partial charge on any atom is 0.0369 e. The van der Waals surface area contributed by atoms with Crippen LogP contribution >= 0.6 is 0 Å². The first-order valence-electron chi connectivity index (χ1n) is 7.89. The van der Waals surface area contributed by atoms with Gasteiger partial charge in [-0.15, -0.1) is 0 Å². The summed E-state index contributed by atoms with van der Waals surface area (Å²) in [4.78, 5) is 5.00. The standard InChI is InChI=1S/C17H29N3/c1-4-15(3)17(18)13-19-8-10-20(11-9-19)16-7-5-6-14(2)12-16/h5-7,12,15,17H,4,8-11,13,18H2,1-3H3. The van der Waals surface area contributed by atoms with Crippen molar-refractivity contribution in [3.63, 3.8) is 0 Å². The Bertz CT molecular complexity index is 410. The number of nitrogens with two attached hydrogens (primary N) is 1. The SMILES string of the molecule is CCC(C)C(N)CN1CCN(c2cccc(C)c2)CC1. The summed E-state index contributed by atoms with van der Waals surface area (Å²) in [6.45, 7) is 12.1. The number of hydrogen-bond donors (Lipinski definition) is 1. The van der Waals surface area contributed by atoms with Gasteiger partial charge < -0.3 is 10.6 Å². The van der Waals surface area contributed by atoms with E-state index in [1.807, 2.05) is 0 Å². The van der Waals surface area contributed by atoms with Crippen molar-refractivity contribution in [1.82, 2.24) is 4.90 Å². The molecule has 1 fully saturated rings. The van der Waals surface area contributed by atoms with Crippen LogP contribution in [0.15, 0.2) is 24.3 Å². The Hall–Kier alpha value is -1.06. The zero-order valence-electron chi connectivity index (χ0n) is 13.2. The predicted molar refractivity (Wildman–Crippen MR) is 87.3 cm³/mol. The second kappa shape index (κ2) is 7.09. The van der Waals surface area contributed by atoms with Gasteiger partial charge in [-0.05, 0) is 30.5 Å². The van der Waals surface area contributed by atoms with Gasteiger partial charge in [-0.25, -0.2) is 0 Å². The zero-order valence-corrected chi connectivity index (χ0v) is 13.2. The highest BCUT2D eigenvalue weighted by Gasteiger charge is 2.20. The highest BCUT2D eigenvalue weighted by Crippen LogP contribution is 2.18. The Balaban J connectivity index is 1.83. The topological polar surface area (TPSA) is 32.5 Å². The molecule has 2 unspecified atom stereocenters. The molecule has 0 spiro atoms. The number of nitrogens with zero attached hydrogens (tertiary/aromatic N) is 2. The van der Waals surface area contributed by atoms with E-state index in [0.29, 0.717) is 12.0 Å². The van der Waals surface area contributed by atoms with E-state index in [1.54, 1.807) is 0 Å². The molecule has 3 heteroatoms. The summed E-state index contributed by atoms with van der Waals surface area (Å²) in [6.07, 6.45) is 1.17. The first-order chi connectivity index (χ1) is 9.60. The van der Waals surface area contributed by atoms with E-state index in [1.165, 1.54) is 17.7 Å². The number of benzene rings is 1. The number of aryl methyl sites for hydroxylation is 1. The van der Waals surface area contributed by atoms with Gasteiger partial charge in [-0.1, -0.05) is 32.4 Å². The molecule has 2 N–H and O–H groups in total. The minimum absolute atomic E-state index is 0.311. The molecule has 1 aliphatic heterocycles. The second-order valence-electron chi connectivity index (χ2n) is 6.18. The molecule has 0 aliphatic carbocycles. The third-order valence-corrected chi connectivity index (χ3v) is 4.58. The van der Waals surface area contributed by atoms with Crippen molar-refractivity contribution in [2.45, 2.75) is 33.2 Å². The Morgan fingerprint density at radius 2 is 1.90 bits per heavy atom.